The summed E-state index contributed by atoms with van der Waals surface area (Å²) in [4.78, 5) is 30.5. The fourth-order valence-electron chi connectivity index (χ4n) is 4.28. The minimum Gasteiger partial charge on any atom is -0.369 e. The quantitative estimate of drug-likeness (QED) is 0.472. The van der Waals surface area contributed by atoms with Crippen LogP contribution in [0.1, 0.15) is 12.0 Å². The summed E-state index contributed by atoms with van der Waals surface area (Å²) in [7, 11) is 0. The lowest BCUT2D eigenvalue weighted by Crippen LogP contribution is -2.49. The van der Waals surface area contributed by atoms with Crippen molar-refractivity contribution in [1.29, 1.82) is 0 Å². The average Bonchev–Trinajstić information content (AvgIpc) is 2.85. The average molecular weight is 459 g/mol. The Morgan fingerprint density at radius 2 is 1.62 bits per heavy atom. The van der Waals surface area contributed by atoms with E-state index < -0.39 is 0 Å². The van der Waals surface area contributed by atoms with Gasteiger partial charge in [0.25, 0.3) is 0 Å². The third-order valence-corrected chi connectivity index (χ3v) is 6.13. The fraction of sp³-hybridized carbons (Fsp3) is 0.360. The van der Waals surface area contributed by atoms with Crippen molar-refractivity contribution in [3.63, 3.8) is 0 Å². The van der Waals surface area contributed by atoms with Crippen LogP contribution in [0.15, 0.2) is 55.0 Å². The van der Waals surface area contributed by atoms with Crippen LogP contribution in [0.5, 0.6) is 0 Å². The van der Waals surface area contributed by atoms with Gasteiger partial charge in [-0.2, -0.15) is 0 Å². The number of anilines is 3. The number of carbonyl (C=O) groups excluding carboxylic acids is 1. The summed E-state index contributed by atoms with van der Waals surface area (Å²) in [5.74, 6) is 1.57. The number of carbonyl (C=O) groups is 1. The van der Waals surface area contributed by atoms with Gasteiger partial charge in [0.1, 0.15) is 11.6 Å². The molecule has 5 aliphatic heterocycles. The predicted octanol–water partition coefficient (Wildman–Crippen LogP) is 2.33. The zero-order chi connectivity index (χ0) is 23.2. The van der Waals surface area contributed by atoms with Gasteiger partial charge in [-0.05, 0) is 36.2 Å². The van der Waals surface area contributed by atoms with E-state index in [1.165, 1.54) is 5.56 Å². The molecule has 1 amide bonds. The van der Waals surface area contributed by atoms with Crippen molar-refractivity contribution in [3.05, 3.63) is 60.6 Å². The van der Waals surface area contributed by atoms with Gasteiger partial charge in [-0.1, -0.05) is 12.1 Å². The number of piperazine rings is 1. The van der Waals surface area contributed by atoms with Crippen LogP contribution in [0.25, 0.3) is 11.3 Å². The molecule has 3 aromatic rings. The van der Waals surface area contributed by atoms with Crippen molar-refractivity contribution in [3.8, 4) is 11.3 Å². The summed E-state index contributed by atoms with van der Waals surface area (Å²) in [5, 5.41) is 9.72. The van der Waals surface area contributed by atoms with Gasteiger partial charge in [0, 0.05) is 63.3 Å². The molecule has 0 spiro atoms. The molecule has 8 rings (SSSR count). The maximum Gasteiger partial charge on any atom is 0.234 e. The highest BCUT2D eigenvalue weighted by molar-refractivity contribution is 5.78. The van der Waals surface area contributed by atoms with Crippen LogP contribution in [0.2, 0.25) is 0 Å². The highest BCUT2D eigenvalue weighted by atomic mass is 16.2. The Morgan fingerprint density at radius 3 is 2.44 bits per heavy atom. The molecular weight excluding hydrogens is 428 g/mol. The van der Waals surface area contributed by atoms with Crippen LogP contribution in [0, 0.1) is 0 Å². The standard InChI is InChI=1S/C25H30N8O/c34-25-18-33-11-9-32(10-12-33)17-19-3-1-4-21(13-19)31-23-14-20(5-8-27-23)22-15-30-24(16-29-22)26-6-2-7-28-25/h1,3-5,8,13-16H,2,6-7,9-12,17-18H2,(H,26,30)(H,27,31)(H,28,34). The summed E-state index contributed by atoms with van der Waals surface area (Å²) in [5.41, 5.74) is 3.99. The first-order chi connectivity index (χ1) is 16.7. The molecule has 5 aliphatic rings. The van der Waals surface area contributed by atoms with E-state index in [0.717, 1.165) is 74.3 Å². The Labute approximate surface area is 199 Å². The van der Waals surface area contributed by atoms with E-state index in [1.807, 2.05) is 12.1 Å². The molecule has 9 heteroatoms. The van der Waals surface area contributed by atoms with Crippen molar-refractivity contribution < 1.29 is 4.79 Å². The second kappa shape index (κ2) is 10.6. The van der Waals surface area contributed by atoms with E-state index >= 15 is 0 Å². The molecule has 0 saturated carbocycles. The van der Waals surface area contributed by atoms with Gasteiger partial charge >= 0.3 is 0 Å². The van der Waals surface area contributed by atoms with Crippen molar-refractivity contribution in [2.24, 2.45) is 0 Å². The van der Waals surface area contributed by atoms with E-state index in [9.17, 15) is 4.79 Å². The first-order valence-electron chi connectivity index (χ1n) is 11.8. The molecule has 0 unspecified atom stereocenters. The van der Waals surface area contributed by atoms with Gasteiger partial charge in [0.2, 0.25) is 5.91 Å². The molecule has 7 heterocycles. The molecule has 2 aromatic heterocycles. The van der Waals surface area contributed by atoms with E-state index in [2.05, 4.69) is 65.0 Å². The molecule has 1 aromatic carbocycles. The molecule has 0 radical (unpaired) electrons. The van der Waals surface area contributed by atoms with Gasteiger partial charge in [-0.3, -0.25) is 19.6 Å². The Morgan fingerprint density at radius 1 is 0.794 bits per heavy atom. The minimum atomic E-state index is 0.0881. The van der Waals surface area contributed by atoms with E-state index in [0.29, 0.717) is 13.1 Å². The number of hydrogen-bond donors (Lipinski definition) is 3. The SMILES string of the molecule is O=C1CN2CCN(CC2)Cc2cccc(c2)Nc2cc(ccn2)-c2cnc(cn2)NCCCN1. The maximum absolute atomic E-state index is 12.3. The highest BCUT2D eigenvalue weighted by Crippen LogP contribution is 2.23. The first-order valence-corrected chi connectivity index (χ1v) is 11.8. The normalized spacial score (nSPS) is 21.2. The van der Waals surface area contributed by atoms with Crippen LogP contribution >= 0.6 is 0 Å². The lowest BCUT2D eigenvalue weighted by molar-refractivity contribution is -0.122. The number of hydrogen-bond acceptors (Lipinski definition) is 8. The van der Waals surface area contributed by atoms with Crippen LogP contribution in [-0.2, 0) is 11.3 Å². The summed E-state index contributed by atoms with van der Waals surface area (Å²) in [6, 6.07) is 12.4. The van der Waals surface area contributed by atoms with Gasteiger partial charge < -0.3 is 16.0 Å². The molecule has 1 fully saturated rings. The molecule has 1 saturated heterocycles. The highest BCUT2D eigenvalue weighted by Gasteiger charge is 2.19. The van der Waals surface area contributed by atoms with Crippen molar-refractivity contribution in [2.45, 2.75) is 13.0 Å². The first kappa shape index (κ1) is 22.2. The summed E-state index contributed by atoms with van der Waals surface area (Å²) in [6.45, 7) is 6.41. The molecular formula is C25H30N8O. The van der Waals surface area contributed by atoms with E-state index in [1.54, 1.807) is 18.6 Å². The smallest absolute Gasteiger partial charge is 0.234 e. The monoisotopic (exact) mass is 458 g/mol. The number of amides is 1. The fourth-order valence-corrected chi connectivity index (χ4v) is 4.28. The molecule has 3 N–H and O–H groups in total. The maximum atomic E-state index is 12.3. The van der Waals surface area contributed by atoms with Crippen LogP contribution in [-0.4, -0.2) is 76.5 Å². The van der Waals surface area contributed by atoms with Crippen LogP contribution in [0.3, 0.4) is 0 Å². The summed E-state index contributed by atoms with van der Waals surface area (Å²) < 4.78 is 0. The zero-order valence-corrected chi connectivity index (χ0v) is 19.2. The van der Waals surface area contributed by atoms with Crippen LogP contribution in [0.4, 0.5) is 17.3 Å². The Bertz CT molecular complexity index is 1110. The second-order valence-corrected chi connectivity index (χ2v) is 8.72. The lowest BCUT2D eigenvalue weighted by Gasteiger charge is -2.34. The third-order valence-electron chi connectivity index (χ3n) is 6.13. The summed E-state index contributed by atoms with van der Waals surface area (Å²) >= 11 is 0. The number of benzene rings is 1. The lowest BCUT2D eigenvalue weighted by atomic mass is 10.1. The topological polar surface area (TPSA) is 98.3 Å². The number of nitrogens with one attached hydrogen (secondary N) is 3. The number of nitrogens with zero attached hydrogens (tertiary/aromatic N) is 5. The third kappa shape index (κ3) is 5.86. The van der Waals surface area contributed by atoms with E-state index in [-0.39, 0.29) is 5.91 Å². The Hall–Kier alpha value is -3.56. The number of rotatable bonds is 0. The predicted molar refractivity (Wildman–Crippen MR) is 133 cm³/mol. The van der Waals surface area contributed by atoms with E-state index in [4.69, 9.17) is 0 Å². The zero-order valence-electron chi connectivity index (χ0n) is 19.2. The van der Waals surface area contributed by atoms with Crippen molar-refractivity contribution in [1.82, 2.24) is 30.1 Å². The number of aromatic nitrogens is 3. The van der Waals surface area contributed by atoms with Crippen molar-refractivity contribution in [2.75, 3.05) is 56.4 Å². The van der Waals surface area contributed by atoms with Crippen LogP contribution < -0.4 is 16.0 Å². The Kier molecular flexibility index (Phi) is 6.92. The molecule has 34 heavy (non-hydrogen) atoms. The van der Waals surface area contributed by atoms with Gasteiger partial charge in [0.05, 0.1) is 24.6 Å². The molecule has 9 nitrogen and oxygen atoms in total. The summed E-state index contributed by atoms with van der Waals surface area (Å²) in [6.07, 6.45) is 6.10. The van der Waals surface area contributed by atoms with Gasteiger partial charge in [-0.25, -0.2) is 9.97 Å². The molecule has 176 valence electrons. The number of pyridine rings is 1. The van der Waals surface area contributed by atoms with Crippen molar-refractivity contribution >= 4 is 23.2 Å². The van der Waals surface area contributed by atoms with Gasteiger partial charge in [0.15, 0.2) is 0 Å². The molecule has 8 bridgehead atoms. The molecule has 0 aliphatic carbocycles. The second-order valence-electron chi connectivity index (χ2n) is 8.72. The van der Waals surface area contributed by atoms with Gasteiger partial charge in [-0.15, -0.1) is 0 Å². The molecule has 0 atom stereocenters. The largest absolute Gasteiger partial charge is 0.369 e. The Balaban J connectivity index is 1.35. The minimum absolute atomic E-state index is 0.0881.